The number of nitrogens with zero attached hydrogens (tertiary/aromatic N) is 1. The van der Waals surface area contributed by atoms with E-state index in [1.807, 2.05) is 0 Å². The van der Waals surface area contributed by atoms with Gasteiger partial charge in [0, 0.05) is 0 Å². The number of phenols is 1. The number of aliphatic hydroxyl groups is 3. The maximum absolute atomic E-state index is 13.7. The number of rotatable bonds is 4. The fourth-order valence-corrected chi connectivity index (χ4v) is 5.88. The van der Waals surface area contributed by atoms with Gasteiger partial charge in [0.05, 0.1) is 34.9 Å². The van der Waals surface area contributed by atoms with Gasteiger partial charge in [0.15, 0.2) is 11.4 Å². The largest absolute Gasteiger partial charge is 0.510 e. The number of likely N-dealkylation sites (N-methyl/N-ethyl adjacent to an activating group) is 1. The number of ketones is 2. The fraction of sp³-hybridized carbons (Fsp3) is 0.385. The Morgan fingerprint density at radius 3 is 2.38 bits per heavy atom. The zero-order chi connectivity index (χ0) is 27.1. The number of fused-ring (bicyclic) bond motifs is 3. The van der Waals surface area contributed by atoms with Crippen LogP contribution in [0.2, 0.25) is 0 Å². The number of phenolic OH excluding ortho intramolecular Hbond substituents is 1. The van der Waals surface area contributed by atoms with Gasteiger partial charge in [0.25, 0.3) is 5.91 Å². The van der Waals surface area contributed by atoms with Crippen LogP contribution in [0.25, 0.3) is 5.57 Å². The molecule has 11 nitrogen and oxygen atoms in total. The summed E-state index contributed by atoms with van der Waals surface area (Å²) in [5.74, 6) is -9.78. The molecule has 0 unspecified atom stereocenters. The second-order valence-electron chi connectivity index (χ2n) is 10.1. The Morgan fingerprint density at radius 1 is 1.16 bits per heavy atom. The molecule has 5 rings (SSSR count). The minimum atomic E-state index is -2.97. The van der Waals surface area contributed by atoms with E-state index in [0.717, 1.165) is 0 Å². The van der Waals surface area contributed by atoms with Crippen molar-refractivity contribution in [1.82, 2.24) is 4.90 Å². The molecule has 1 fully saturated rings. The summed E-state index contributed by atoms with van der Waals surface area (Å²) in [6, 6.07) is 2.94. The summed E-state index contributed by atoms with van der Waals surface area (Å²) in [5.41, 5.74) is 1.17. The number of nitrogens with two attached hydrogens (primary N) is 1. The molecule has 1 aromatic rings. The Bertz CT molecular complexity index is 1370. The van der Waals surface area contributed by atoms with E-state index in [4.69, 9.17) is 10.5 Å². The molecule has 5 atom stereocenters. The molecular formula is C26H26N2O9. The van der Waals surface area contributed by atoms with Gasteiger partial charge in [-0.1, -0.05) is 18.7 Å². The summed E-state index contributed by atoms with van der Waals surface area (Å²) < 4.78 is 5.86. The highest BCUT2D eigenvalue weighted by Crippen LogP contribution is 2.56. The van der Waals surface area contributed by atoms with E-state index in [9.17, 15) is 39.6 Å². The van der Waals surface area contributed by atoms with E-state index in [0.29, 0.717) is 12.8 Å². The van der Waals surface area contributed by atoms with Gasteiger partial charge in [-0.05, 0) is 44.1 Å². The molecule has 1 amide bonds. The van der Waals surface area contributed by atoms with Crippen molar-refractivity contribution in [3.8, 4) is 5.75 Å². The zero-order valence-electron chi connectivity index (χ0n) is 20.1. The predicted molar refractivity (Wildman–Crippen MR) is 127 cm³/mol. The third kappa shape index (κ3) is 3.20. The predicted octanol–water partition coefficient (Wildman–Crippen LogP) is 0.523. The SMILES string of the molecule is C=C1c2cccc(O)c2C(=O)C2=C(O)[C@]3(O)C(=O)C(C(N)=O)=C(O)[C@@H](N(C)C)[C@@H]3[C@@H](OC(=O)C3CC3)[C@H]12. The number of carbonyl (C=O) groups is 4. The number of carbonyl (C=O) groups excluding carboxylic acids is 4. The van der Waals surface area contributed by atoms with Crippen molar-refractivity contribution in [2.75, 3.05) is 14.1 Å². The van der Waals surface area contributed by atoms with Crippen LogP contribution in [0.3, 0.4) is 0 Å². The summed E-state index contributed by atoms with van der Waals surface area (Å²) in [5, 5.41) is 44.8. The first-order valence-corrected chi connectivity index (χ1v) is 11.7. The molecule has 4 aliphatic rings. The fourth-order valence-electron chi connectivity index (χ4n) is 5.88. The first-order valence-electron chi connectivity index (χ1n) is 11.7. The molecule has 11 heteroatoms. The number of benzene rings is 1. The van der Waals surface area contributed by atoms with Crippen LogP contribution < -0.4 is 5.73 Å². The quantitative estimate of drug-likeness (QED) is 0.282. The molecule has 194 valence electrons. The third-order valence-corrected chi connectivity index (χ3v) is 7.74. The maximum atomic E-state index is 13.7. The van der Waals surface area contributed by atoms with E-state index >= 15 is 0 Å². The Labute approximate surface area is 211 Å². The first kappa shape index (κ1) is 24.7. The van der Waals surface area contributed by atoms with Crippen molar-refractivity contribution in [3.63, 3.8) is 0 Å². The number of esters is 1. The molecule has 0 aliphatic heterocycles. The number of hydrogen-bond acceptors (Lipinski definition) is 10. The van der Waals surface area contributed by atoms with E-state index in [1.165, 1.54) is 37.2 Å². The smallest absolute Gasteiger partial charge is 0.309 e. The standard InChI is InChI=1S/C26H26N2O9/c1-9-11-5-4-6-12(29)14(11)19(30)15-13(9)21(37-25(35)10-7-8-10)17-18(28(2)3)20(31)16(24(27)34)23(33)26(17,36)22(15)32/h4-6,10,13,17-18,21,29,31-32,36H,1,7-8H2,2-3H3,(H2,27,34)/t13-,17-,18+,21+,26+/m1/s1. The lowest BCUT2D eigenvalue weighted by Crippen LogP contribution is -2.68. The topological polar surface area (TPSA) is 188 Å². The monoisotopic (exact) mass is 510 g/mol. The normalized spacial score (nSPS) is 31.2. The molecule has 0 radical (unpaired) electrons. The van der Waals surface area contributed by atoms with Crippen LogP contribution in [0.4, 0.5) is 0 Å². The van der Waals surface area contributed by atoms with Crippen LogP contribution in [-0.4, -0.2) is 80.6 Å². The van der Waals surface area contributed by atoms with Gasteiger partial charge < -0.3 is 30.9 Å². The molecule has 0 bridgehead atoms. The zero-order valence-corrected chi connectivity index (χ0v) is 20.1. The van der Waals surface area contributed by atoms with Gasteiger partial charge in [-0.25, -0.2) is 0 Å². The summed E-state index contributed by atoms with van der Waals surface area (Å²) in [6.07, 6.45) is -0.324. The maximum Gasteiger partial charge on any atom is 0.309 e. The molecule has 0 heterocycles. The van der Waals surface area contributed by atoms with Gasteiger partial charge >= 0.3 is 5.97 Å². The van der Waals surface area contributed by atoms with Crippen molar-refractivity contribution >= 4 is 29.0 Å². The summed E-state index contributed by atoms with van der Waals surface area (Å²) in [4.78, 5) is 53.7. The molecule has 37 heavy (non-hydrogen) atoms. The Kier molecular flexibility index (Phi) is 5.36. The average molecular weight is 510 g/mol. The number of amides is 1. The van der Waals surface area contributed by atoms with Crippen molar-refractivity contribution < 1.29 is 44.3 Å². The average Bonchev–Trinajstić information content (AvgIpc) is 3.66. The molecule has 0 spiro atoms. The lowest BCUT2D eigenvalue weighted by molar-refractivity contribution is -0.178. The Hall–Kier alpha value is -3.96. The van der Waals surface area contributed by atoms with Crippen molar-refractivity contribution in [3.05, 3.63) is 58.6 Å². The second-order valence-corrected chi connectivity index (χ2v) is 10.1. The minimum absolute atomic E-state index is 0.191. The third-order valence-electron chi connectivity index (χ3n) is 7.74. The molecule has 1 aromatic carbocycles. The number of aliphatic hydroxyl groups excluding tert-OH is 2. The van der Waals surface area contributed by atoms with Crippen molar-refractivity contribution in [2.45, 2.75) is 30.6 Å². The van der Waals surface area contributed by atoms with E-state index in [-0.39, 0.29) is 16.7 Å². The number of ether oxygens (including phenoxy) is 1. The van der Waals surface area contributed by atoms with Crippen LogP contribution in [-0.2, 0) is 19.1 Å². The van der Waals surface area contributed by atoms with E-state index < -0.39 is 87.4 Å². The van der Waals surface area contributed by atoms with Crippen LogP contribution in [0.15, 0.2) is 47.4 Å². The summed E-state index contributed by atoms with van der Waals surface area (Å²) in [7, 11) is 2.97. The Balaban J connectivity index is 1.84. The van der Waals surface area contributed by atoms with Crippen LogP contribution in [0.1, 0.15) is 28.8 Å². The number of aromatic hydroxyl groups is 1. The highest BCUT2D eigenvalue weighted by atomic mass is 16.5. The Morgan fingerprint density at radius 2 is 1.81 bits per heavy atom. The second kappa shape index (κ2) is 8.02. The molecule has 0 saturated heterocycles. The minimum Gasteiger partial charge on any atom is -0.510 e. The van der Waals surface area contributed by atoms with E-state index in [2.05, 4.69) is 6.58 Å². The van der Waals surface area contributed by atoms with Gasteiger partial charge in [-0.2, -0.15) is 0 Å². The summed E-state index contributed by atoms with van der Waals surface area (Å²) in [6.45, 7) is 4.05. The van der Waals surface area contributed by atoms with Crippen molar-refractivity contribution in [2.24, 2.45) is 23.5 Å². The molecular weight excluding hydrogens is 484 g/mol. The van der Waals surface area contributed by atoms with Crippen molar-refractivity contribution in [1.29, 1.82) is 0 Å². The van der Waals surface area contributed by atoms with Gasteiger partial charge in [0.2, 0.25) is 5.78 Å². The number of Topliss-reactive ketones (excluding diaryl/α,β-unsaturated/α-hetero) is 2. The van der Waals surface area contributed by atoms with Gasteiger partial charge in [-0.15, -0.1) is 0 Å². The van der Waals surface area contributed by atoms with Gasteiger partial charge in [-0.3, -0.25) is 24.1 Å². The van der Waals surface area contributed by atoms with Crippen LogP contribution >= 0.6 is 0 Å². The highest BCUT2D eigenvalue weighted by Gasteiger charge is 2.68. The first-order chi connectivity index (χ1) is 17.3. The molecule has 4 aliphatic carbocycles. The van der Waals surface area contributed by atoms with E-state index in [1.54, 1.807) is 0 Å². The van der Waals surface area contributed by atoms with Crippen LogP contribution in [0, 0.1) is 17.8 Å². The highest BCUT2D eigenvalue weighted by molar-refractivity contribution is 6.25. The van der Waals surface area contributed by atoms with Crippen LogP contribution in [0.5, 0.6) is 5.75 Å². The summed E-state index contributed by atoms with van der Waals surface area (Å²) >= 11 is 0. The van der Waals surface area contributed by atoms with Gasteiger partial charge in [0.1, 0.15) is 28.9 Å². The lowest BCUT2D eigenvalue weighted by atomic mass is 9.56. The molecule has 0 aromatic heterocycles. The molecule has 6 N–H and O–H groups in total. The number of hydrogen-bond donors (Lipinski definition) is 5. The lowest BCUT2D eigenvalue weighted by Gasteiger charge is -2.53. The number of primary amides is 1. The molecule has 1 saturated carbocycles.